The maximum Gasteiger partial charge on any atom is 0.328 e. The van der Waals surface area contributed by atoms with Gasteiger partial charge in [-0.25, -0.2) is 4.79 Å². The Labute approximate surface area is 145 Å². The minimum atomic E-state index is -0.785. The fraction of sp³-hybridized carbons (Fsp3) is 0.471. The molecule has 130 valence electrons. The Bertz CT molecular complexity index is 606. The highest BCUT2D eigenvalue weighted by atomic mass is 32.2. The largest absolute Gasteiger partial charge is 0.467 e. The molecule has 2 atom stereocenters. The molecule has 7 heteroatoms. The molecule has 1 aromatic carbocycles. The molecule has 1 aliphatic rings. The van der Waals surface area contributed by atoms with E-state index < -0.39 is 22.9 Å². The van der Waals surface area contributed by atoms with Crippen LogP contribution in [0.15, 0.2) is 30.3 Å². The van der Waals surface area contributed by atoms with Crippen LogP contribution in [0.4, 0.5) is 0 Å². The van der Waals surface area contributed by atoms with Crippen molar-refractivity contribution in [2.75, 3.05) is 12.9 Å². The average Bonchev–Trinajstić information content (AvgIpc) is 2.88. The standard InChI is InChI=1S/C17H22N2O4S/c1-17(2)19(11-20)14(10-24-17)15(21)18-13(16(22)23-3)9-12-7-5-4-6-8-12/h4-8,11,13-14H,9-10H2,1-3H3,(H,18,21)/t13-,14+/m0/s1. The number of hydrogen-bond acceptors (Lipinski definition) is 5. The highest BCUT2D eigenvalue weighted by Gasteiger charge is 2.43. The van der Waals surface area contributed by atoms with Crippen molar-refractivity contribution in [1.29, 1.82) is 0 Å². The number of thioether (sulfide) groups is 1. The molecule has 1 aromatic rings. The van der Waals surface area contributed by atoms with Gasteiger partial charge in [-0.2, -0.15) is 0 Å². The number of hydrogen-bond donors (Lipinski definition) is 1. The van der Waals surface area contributed by atoms with Gasteiger partial charge in [0.2, 0.25) is 12.3 Å². The molecule has 2 amide bonds. The van der Waals surface area contributed by atoms with Crippen LogP contribution in [-0.4, -0.2) is 53.0 Å². The minimum absolute atomic E-state index is 0.337. The maximum atomic E-state index is 12.6. The summed E-state index contributed by atoms with van der Waals surface area (Å²) < 4.78 is 4.80. The second-order valence-corrected chi connectivity index (χ2v) is 7.68. The third-order valence-electron chi connectivity index (χ3n) is 4.05. The number of nitrogens with one attached hydrogen (secondary N) is 1. The fourth-order valence-corrected chi connectivity index (χ4v) is 3.87. The van der Waals surface area contributed by atoms with E-state index in [9.17, 15) is 14.4 Å². The summed E-state index contributed by atoms with van der Waals surface area (Å²) in [4.78, 5) is 37.0. The lowest BCUT2D eigenvalue weighted by Gasteiger charge is -2.30. The Morgan fingerprint density at radius 1 is 1.42 bits per heavy atom. The normalized spacial score (nSPS) is 20.3. The monoisotopic (exact) mass is 350 g/mol. The van der Waals surface area contributed by atoms with Crippen LogP contribution in [0.3, 0.4) is 0 Å². The van der Waals surface area contributed by atoms with Crippen LogP contribution >= 0.6 is 11.8 Å². The highest BCUT2D eigenvalue weighted by Crippen LogP contribution is 2.37. The van der Waals surface area contributed by atoms with Crippen molar-refractivity contribution in [3.05, 3.63) is 35.9 Å². The van der Waals surface area contributed by atoms with Crippen LogP contribution in [0.25, 0.3) is 0 Å². The molecule has 1 saturated heterocycles. The van der Waals surface area contributed by atoms with E-state index >= 15 is 0 Å². The van der Waals surface area contributed by atoms with Gasteiger partial charge in [-0.15, -0.1) is 11.8 Å². The summed E-state index contributed by atoms with van der Waals surface area (Å²) >= 11 is 1.53. The molecule has 24 heavy (non-hydrogen) atoms. The first kappa shape index (κ1) is 18.3. The Kier molecular flexibility index (Phi) is 5.88. The molecule has 0 saturated carbocycles. The van der Waals surface area contributed by atoms with Gasteiger partial charge in [0.05, 0.1) is 12.0 Å². The minimum Gasteiger partial charge on any atom is -0.467 e. The van der Waals surface area contributed by atoms with Gasteiger partial charge >= 0.3 is 5.97 Å². The van der Waals surface area contributed by atoms with Crippen molar-refractivity contribution in [3.8, 4) is 0 Å². The van der Waals surface area contributed by atoms with Crippen LogP contribution in [0.2, 0.25) is 0 Å². The number of ether oxygens (including phenoxy) is 1. The zero-order chi connectivity index (χ0) is 17.7. The molecule has 1 N–H and O–H groups in total. The van der Waals surface area contributed by atoms with Crippen molar-refractivity contribution in [1.82, 2.24) is 10.2 Å². The molecule has 0 radical (unpaired) electrons. The Hall–Kier alpha value is -2.02. The first-order chi connectivity index (χ1) is 11.4. The number of rotatable bonds is 6. The van der Waals surface area contributed by atoms with E-state index in [1.54, 1.807) is 0 Å². The highest BCUT2D eigenvalue weighted by molar-refractivity contribution is 8.00. The molecule has 1 heterocycles. The molecule has 6 nitrogen and oxygen atoms in total. The lowest BCUT2D eigenvalue weighted by Crippen LogP contribution is -2.53. The van der Waals surface area contributed by atoms with E-state index in [2.05, 4.69) is 5.32 Å². The lowest BCUT2D eigenvalue weighted by molar-refractivity contribution is -0.146. The van der Waals surface area contributed by atoms with E-state index in [1.807, 2.05) is 44.2 Å². The number of carbonyl (C=O) groups excluding carboxylic acids is 3. The molecule has 1 fully saturated rings. The summed E-state index contributed by atoms with van der Waals surface area (Å²) in [5.74, 6) is -0.349. The SMILES string of the molecule is COC(=O)[C@H](Cc1ccccc1)NC(=O)[C@H]1CSC(C)(C)N1C=O. The van der Waals surface area contributed by atoms with Crippen LogP contribution in [0, 0.1) is 0 Å². The predicted octanol–water partition coefficient (Wildman–Crippen LogP) is 1.20. The molecule has 0 spiro atoms. The zero-order valence-corrected chi connectivity index (χ0v) is 14.8. The Morgan fingerprint density at radius 3 is 2.67 bits per heavy atom. The molecule has 0 aliphatic carbocycles. The van der Waals surface area contributed by atoms with Gasteiger partial charge in [0, 0.05) is 12.2 Å². The van der Waals surface area contributed by atoms with Crippen LogP contribution in [-0.2, 0) is 25.5 Å². The summed E-state index contributed by atoms with van der Waals surface area (Å²) in [6.45, 7) is 3.78. The van der Waals surface area contributed by atoms with E-state index in [4.69, 9.17) is 4.74 Å². The van der Waals surface area contributed by atoms with Crippen molar-refractivity contribution in [2.24, 2.45) is 0 Å². The first-order valence-electron chi connectivity index (χ1n) is 7.69. The molecule has 1 aliphatic heterocycles. The first-order valence-corrected chi connectivity index (χ1v) is 8.67. The number of esters is 1. The molecular formula is C17H22N2O4S. The number of benzene rings is 1. The van der Waals surface area contributed by atoms with Gasteiger partial charge in [0.15, 0.2) is 0 Å². The second kappa shape index (κ2) is 7.70. The third kappa shape index (κ3) is 4.08. The molecule has 0 aromatic heterocycles. The lowest BCUT2D eigenvalue weighted by atomic mass is 10.1. The van der Waals surface area contributed by atoms with Gasteiger partial charge in [-0.05, 0) is 19.4 Å². The van der Waals surface area contributed by atoms with Gasteiger partial charge in [-0.3, -0.25) is 9.59 Å². The van der Waals surface area contributed by atoms with Crippen molar-refractivity contribution in [2.45, 2.75) is 37.2 Å². The second-order valence-electron chi connectivity index (χ2n) is 6.06. The predicted molar refractivity (Wildman–Crippen MR) is 92.3 cm³/mol. The number of nitrogens with zero attached hydrogens (tertiary/aromatic N) is 1. The van der Waals surface area contributed by atoms with E-state index in [-0.39, 0.29) is 5.91 Å². The summed E-state index contributed by atoms with van der Waals surface area (Å²) in [5, 5.41) is 2.73. The summed E-state index contributed by atoms with van der Waals surface area (Å²) in [6, 6.07) is 8.01. The average molecular weight is 350 g/mol. The van der Waals surface area contributed by atoms with Gasteiger partial charge in [-0.1, -0.05) is 30.3 Å². The fourth-order valence-electron chi connectivity index (χ4n) is 2.67. The van der Waals surface area contributed by atoms with E-state index in [0.29, 0.717) is 18.6 Å². The summed E-state index contributed by atoms with van der Waals surface area (Å²) in [5.41, 5.74) is 0.918. The van der Waals surface area contributed by atoms with Crippen LogP contribution in [0.5, 0.6) is 0 Å². The molecular weight excluding hydrogens is 328 g/mol. The maximum absolute atomic E-state index is 12.6. The van der Waals surface area contributed by atoms with Crippen molar-refractivity contribution < 1.29 is 19.1 Å². The van der Waals surface area contributed by atoms with Gasteiger partial charge < -0.3 is 15.0 Å². The van der Waals surface area contributed by atoms with Crippen LogP contribution < -0.4 is 5.32 Å². The van der Waals surface area contributed by atoms with Crippen molar-refractivity contribution >= 4 is 30.0 Å². The third-order valence-corrected chi connectivity index (χ3v) is 5.45. The van der Waals surface area contributed by atoms with Crippen LogP contribution in [0.1, 0.15) is 19.4 Å². The zero-order valence-electron chi connectivity index (χ0n) is 14.0. The quantitative estimate of drug-likeness (QED) is 0.616. The Balaban J connectivity index is 2.10. The summed E-state index contributed by atoms with van der Waals surface area (Å²) in [7, 11) is 1.29. The topological polar surface area (TPSA) is 75.7 Å². The Morgan fingerprint density at radius 2 is 2.08 bits per heavy atom. The van der Waals surface area contributed by atoms with Crippen molar-refractivity contribution in [3.63, 3.8) is 0 Å². The van der Waals surface area contributed by atoms with E-state index in [1.165, 1.54) is 23.8 Å². The van der Waals surface area contributed by atoms with E-state index in [0.717, 1.165) is 5.56 Å². The summed E-state index contributed by atoms with van der Waals surface area (Å²) in [6.07, 6.45) is 1.03. The molecule has 0 bridgehead atoms. The van der Waals surface area contributed by atoms with Gasteiger partial charge in [0.1, 0.15) is 12.1 Å². The smallest absolute Gasteiger partial charge is 0.328 e. The van der Waals surface area contributed by atoms with Gasteiger partial charge in [0.25, 0.3) is 0 Å². The molecule has 2 rings (SSSR count). The number of amides is 2. The number of methoxy groups -OCH3 is 1. The molecule has 0 unspecified atom stereocenters. The number of carbonyl (C=O) groups is 3.